The van der Waals surface area contributed by atoms with Crippen molar-refractivity contribution in [2.45, 2.75) is 28.9 Å². The highest BCUT2D eigenvalue weighted by Crippen LogP contribution is 2.35. The minimum atomic E-state index is -4.10. The molecule has 2 aromatic rings. The fraction of sp³-hybridized carbons (Fsp3) is 0.364. The first kappa shape index (κ1) is 24.5. The molecule has 1 saturated heterocycles. The number of ether oxygens (including phenoxy) is 2. The summed E-state index contributed by atoms with van der Waals surface area (Å²) in [5.41, 5.74) is 1.67. The van der Waals surface area contributed by atoms with Crippen molar-refractivity contribution in [3.63, 3.8) is 0 Å². The lowest BCUT2D eigenvalue weighted by Crippen LogP contribution is -2.54. The fourth-order valence-electron chi connectivity index (χ4n) is 3.59. The standard InChI is InChI=1S/C22H26N2O8S/c25-19-5-2-1-4-18(19)20(26)23-12-3-13-32-16-6-8-17(9-7-16)33(29,30)22(21(27)24-28)10-14-31-15-11-22/h1-2,4-9,25,28H,3,10-15H2,(H,23,26)(H,24,27). The van der Waals surface area contributed by atoms with Gasteiger partial charge in [0.2, 0.25) is 0 Å². The molecule has 0 atom stereocenters. The van der Waals surface area contributed by atoms with Crippen molar-refractivity contribution < 1.29 is 37.8 Å². The van der Waals surface area contributed by atoms with Gasteiger partial charge in [0.1, 0.15) is 11.5 Å². The average molecular weight is 479 g/mol. The Bertz CT molecular complexity index is 1080. The molecule has 3 rings (SSSR count). The quantitative estimate of drug-likeness (QED) is 0.240. The summed E-state index contributed by atoms with van der Waals surface area (Å²) in [6, 6.07) is 11.9. The van der Waals surface area contributed by atoms with Gasteiger partial charge in [-0.15, -0.1) is 0 Å². The number of benzene rings is 2. The minimum Gasteiger partial charge on any atom is -0.507 e. The Labute approximate surface area is 191 Å². The molecule has 2 amide bonds. The van der Waals surface area contributed by atoms with Gasteiger partial charge in [-0.3, -0.25) is 14.8 Å². The highest BCUT2D eigenvalue weighted by atomic mass is 32.2. The summed E-state index contributed by atoms with van der Waals surface area (Å²) in [6.07, 6.45) is 0.359. The van der Waals surface area contributed by atoms with Gasteiger partial charge in [-0.2, -0.15) is 0 Å². The van der Waals surface area contributed by atoms with E-state index in [4.69, 9.17) is 14.7 Å². The lowest BCUT2D eigenvalue weighted by Gasteiger charge is -2.34. The van der Waals surface area contributed by atoms with Gasteiger partial charge in [0.25, 0.3) is 11.8 Å². The molecule has 11 heteroatoms. The van der Waals surface area contributed by atoms with E-state index in [-0.39, 0.29) is 48.9 Å². The summed E-state index contributed by atoms with van der Waals surface area (Å²) in [7, 11) is -4.10. The number of hydrogen-bond acceptors (Lipinski definition) is 8. The van der Waals surface area contributed by atoms with E-state index in [1.54, 1.807) is 12.1 Å². The third-order valence-electron chi connectivity index (χ3n) is 5.49. The number of amides is 2. The molecule has 0 unspecified atom stereocenters. The van der Waals surface area contributed by atoms with Gasteiger partial charge in [-0.05, 0) is 55.7 Å². The first-order chi connectivity index (χ1) is 15.8. The summed E-state index contributed by atoms with van der Waals surface area (Å²) in [4.78, 5) is 24.2. The minimum absolute atomic E-state index is 0.0599. The third-order valence-corrected chi connectivity index (χ3v) is 8.00. The van der Waals surface area contributed by atoms with Crippen molar-refractivity contribution in [3.8, 4) is 11.5 Å². The number of para-hydroxylation sites is 1. The second-order valence-corrected chi connectivity index (χ2v) is 9.76. The second-order valence-electron chi connectivity index (χ2n) is 7.50. The molecule has 178 valence electrons. The molecule has 0 aromatic heterocycles. The monoisotopic (exact) mass is 478 g/mol. The summed E-state index contributed by atoms with van der Waals surface area (Å²) in [5.74, 6) is -1.04. The number of aromatic hydroxyl groups is 1. The first-order valence-electron chi connectivity index (χ1n) is 10.4. The molecule has 1 aliphatic rings. The molecular formula is C22H26N2O8S. The maximum absolute atomic E-state index is 13.2. The first-order valence-corrected chi connectivity index (χ1v) is 11.9. The molecule has 10 nitrogen and oxygen atoms in total. The topological polar surface area (TPSA) is 151 Å². The Morgan fingerprint density at radius 3 is 2.36 bits per heavy atom. The van der Waals surface area contributed by atoms with E-state index in [1.807, 2.05) is 0 Å². The van der Waals surface area contributed by atoms with Crippen LogP contribution in [0.3, 0.4) is 0 Å². The molecule has 1 fully saturated rings. The molecule has 4 N–H and O–H groups in total. The molecule has 0 bridgehead atoms. The van der Waals surface area contributed by atoms with E-state index in [0.717, 1.165) is 0 Å². The Balaban J connectivity index is 1.55. The maximum Gasteiger partial charge on any atom is 0.265 e. The SMILES string of the molecule is O=C(NCCCOc1ccc(S(=O)(=O)C2(C(=O)NO)CCOCC2)cc1)c1ccccc1O. The van der Waals surface area contributed by atoms with Crippen LogP contribution in [0.1, 0.15) is 29.6 Å². The van der Waals surface area contributed by atoms with E-state index in [0.29, 0.717) is 18.7 Å². The molecule has 2 aromatic carbocycles. The van der Waals surface area contributed by atoms with Crippen molar-refractivity contribution in [3.05, 3.63) is 54.1 Å². The number of rotatable bonds is 9. The number of carbonyl (C=O) groups excluding carboxylic acids is 2. The van der Waals surface area contributed by atoms with Crippen molar-refractivity contribution in [1.82, 2.24) is 10.8 Å². The van der Waals surface area contributed by atoms with Crippen LogP contribution >= 0.6 is 0 Å². The molecule has 33 heavy (non-hydrogen) atoms. The van der Waals surface area contributed by atoms with Crippen LogP contribution < -0.4 is 15.5 Å². The second kappa shape index (κ2) is 10.6. The van der Waals surface area contributed by atoms with Crippen LogP contribution in [0.2, 0.25) is 0 Å². The molecule has 1 aliphatic heterocycles. The molecule has 0 saturated carbocycles. The predicted octanol–water partition coefficient (Wildman–Crippen LogP) is 1.42. The van der Waals surface area contributed by atoms with Crippen LogP contribution in [0.5, 0.6) is 11.5 Å². The summed E-state index contributed by atoms with van der Waals surface area (Å²) >= 11 is 0. The molecule has 0 aliphatic carbocycles. The molecular weight excluding hydrogens is 452 g/mol. The largest absolute Gasteiger partial charge is 0.507 e. The van der Waals surface area contributed by atoms with Crippen LogP contribution in [-0.4, -0.2) is 61.7 Å². The average Bonchev–Trinajstić information content (AvgIpc) is 2.84. The van der Waals surface area contributed by atoms with Crippen LogP contribution in [-0.2, 0) is 19.4 Å². The fourth-order valence-corrected chi connectivity index (χ4v) is 5.53. The van der Waals surface area contributed by atoms with Gasteiger partial charge in [-0.1, -0.05) is 12.1 Å². The molecule has 0 spiro atoms. The van der Waals surface area contributed by atoms with E-state index in [9.17, 15) is 23.1 Å². The van der Waals surface area contributed by atoms with Crippen molar-refractivity contribution in [2.75, 3.05) is 26.4 Å². The van der Waals surface area contributed by atoms with Crippen LogP contribution in [0.4, 0.5) is 0 Å². The number of phenolic OH excluding ortho intramolecular Hbond substituents is 1. The maximum atomic E-state index is 13.2. The highest BCUT2D eigenvalue weighted by Gasteiger charge is 2.52. The Hall–Kier alpha value is -3.15. The lowest BCUT2D eigenvalue weighted by atomic mass is 9.98. The van der Waals surface area contributed by atoms with Crippen LogP contribution in [0.25, 0.3) is 0 Å². The zero-order valence-electron chi connectivity index (χ0n) is 17.8. The van der Waals surface area contributed by atoms with Gasteiger partial charge < -0.3 is 19.9 Å². The Morgan fingerprint density at radius 2 is 1.73 bits per heavy atom. The number of carbonyl (C=O) groups is 2. The Kier molecular flexibility index (Phi) is 7.90. The van der Waals surface area contributed by atoms with E-state index in [1.165, 1.54) is 41.9 Å². The zero-order chi connectivity index (χ0) is 23.9. The van der Waals surface area contributed by atoms with Crippen molar-refractivity contribution in [2.24, 2.45) is 0 Å². The van der Waals surface area contributed by atoms with Gasteiger partial charge in [0, 0.05) is 19.8 Å². The lowest BCUT2D eigenvalue weighted by molar-refractivity contribution is -0.134. The van der Waals surface area contributed by atoms with E-state index < -0.39 is 26.4 Å². The number of nitrogens with one attached hydrogen (secondary N) is 2. The number of phenols is 1. The summed E-state index contributed by atoms with van der Waals surface area (Å²) in [5, 5.41) is 21.5. The normalized spacial score (nSPS) is 15.4. The van der Waals surface area contributed by atoms with Gasteiger partial charge in [0.15, 0.2) is 14.6 Å². The smallest absolute Gasteiger partial charge is 0.265 e. The van der Waals surface area contributed by atoms with Gasteiger partial charge >= 0.3 is 0 Å². The Morgan fingerprint density at radius 1 is 1.06 bits per heavy atom. The van der Waals surface area contributed by atoms with Crippen molar-refractivity contribution in [1.29, 1.82) is 0 Å². The van der Waals surface area contributed by atoms with E-state index >= 15 is 0 Å². The predicted molar refractivity (Wildman–Crippen MR) is 117 cm³/mol. The summed E-state index contributed by atoms with van der Waals surface area (Å²) < 4.78 is 35.4. The van der Waals surface area contributed by atoms with Gasteiger partial charge in [-0.25, -0.2) is 13.9 Å². The number of sulfone groups is 1. The third kappa shape index (κ3) is 5.27. The van der Waals surface area contributed by atoms with Crippen LogP contribution in [0, 0.1) is 0 Å². The number of hydrogen-bond donors (Lipinski definition) is 4. The van der Waals surface area contributed by atoms with E-state index in [2.05, 4.69) is 5.32 Å². The van der Waals surface area contributed by atoms with Crippen molar-refractivity contribution >= 4 is 21.7 Å². The highest BCUT2D eigenvalue weighted by molar-refractivity contribution is 7.93. The van der Waals surface area contributed by atoms with Gasteiger partial charge in [0.05, 0.1) is 17.1 Å². The molecule has 0 radical (unpaired) electrons. The number of hydroxylamine groups is 1. The molecule has 1 heterocycles. The zero-order valence-corrected chi connectivity index (χ0v) is 18.6. The van der Waals surface area contributed by atoms with Crippen LogP contribution in [0.15, 0.2) is 53.4 Å². The summed E-state index contributed by atoms with van der Waals surface area (Å²) in [6.45, 7) is 0.768.